The number of hydrogen-bond acceptors (Lipinski definition) is 2. The molecule has 0 saturated carbocycles. The maximum absolute atomic E-state index is 13.0. The van der Waals surface area contributed by atoms with Crippen LogP contribution in [0.5, 0.6) is 0 Å². The third kappa shape index (κ3) is 2.34. The van der Waals surface area contributed by atoms with E-state index < -0.39 is 17.5 Å². The molecule has 16 heavy (non-hydrogen) atoms. The third-order valence-electron chi connectivity index (χ3n) is 2.09. The third-order valence-corrected chi connectivity index (χ3v) is 2.09. The molecule has 0 spiro atoms. The Labute approximate surface area is 93.0 Å². The van der Waals surface area contributed by atoms with E-state index in [1.165, 1.54) is 20.0 Å². The average molecular weight is 221 g/mol. The van der Waals surface area contributed by atoms with Gasteiger partial charge >= 0.3 is 0 Å². The highest BCUT2D eigenvalue weighted by Crippen LogP contribution is 2.15. The Morgan fingerprint density at radius 2 is 1.94 bits per heavy atom. The molecule has 1 N–H and O–H groups in total. The minimum atomic E-state index is -0.558. The Hall–Kier alpha value is -1.97. The Bertz CT molecular complexity index is 466. The smallest absolute Gasteiger partial charge is 0.251 e. The van der Waals surface area contributed by atoms with Crippen molar-refractivity contribution in [3.8, 4) is 0 Å². The Morgan fingerprint density at radius 3 is 2.44 bits per heavy atom. The van der Waals surface area contributed by atoms with Crippen molar-refractivity contribution in [1.82, 2.24) is 5.32 Å². The van der Waals surface area contributed by atoms with Crippen LogP contribution in [0.3, 0.4) is 0 Å². The first-order chi connectivity index (χ1) is 7.47. The van der Waals surface area contributed by atoms with Gasteiger partial charge in [0.1, 0.15) is 5.82 Å². The number of benzene rings is 1. The molecule has 3 nitrogen and oxygen atoms in total. The van der Waals surface area contributed by atoms with Crippen molar-refractivity contribution >= 4 is 11.7 Å². The van der Waals surface area contributed by atoms with Crippen LogP contribution in [0.1, 0.15) is 27.6 Å². The number of hydrogen-bond donors (Lipinski definition) is 1. The summed E-state index contributed by atoms with van der Waals surface area (Å²) in [6.45, 7) is 5.00. The van der Waals surface area contributed by atoms with E-state index in [0.717, 1.165) is 12.1 Å². The molecule has 0 aliphatic rings. The summed E-state index contributed by atoms with van der Waals surface area (Å²) >= 11 is 0. The first-order valence-electron chi connectivity index (χ1n) is 4.69. The van der Waals surface area contributed by atoms with Crippen LogP contribution in [0.25, 0.3) is 0 Å². The van der Waals surface area contributed by atoms with Crippen molar-refractivity contribution in [1.29, 1.82) is 0 Å². The van der Waals surface area contributed by atoms with Gasteiger partial charge in [-0.25, -0.2) is 4.39 Å². The number of ketones is 1. The topological polar surface area (TPSA) is 46.2 Å². The summed E-state index contributed by atoms with van der Waals surface area (Å²) in [5.74, 6) is -1.42. The van der Waals surface area contributed by atoms with E-state index in [9.17, 15) is 14.0 Å². The van der Waals surface area contributed by atoms with E-state index in [-0.39, 0.29) is 16.7 Å². The summed E-state index contributed by atoms with van der Waals surface area (Å²) in [5.41, 5.74) is 0.444. The highest BCUT2D eigenvalue weighted by Gasteiger charge is 2.17. The van der Waals surface area contributed by atoms with Gasteiger partial charge in [0.05, 0.1) is 5.56 Å². The number of carbonyl (C=O) groups is 2. The van der Waals surface area contributed by atoms with Gasteiger partial charge in [0.25, 0.3) is 5.91 Å². The second kappa shape index (κ2) is 4.70. The number of rotatable bonds is 3. The van der Waals surface area contributed by atoms with Crippen LogP contribution in [0, 0.1) is 5.82 Å². The largest absolute Gasteiger partial charge is 0.355 e. The molecule has 1 aromatic carbocycles. The number of allylic oxidation sites excluding steroid dienone is 1. The number of Topliss-reactive ketones (excluding diaryl/α,β-unsaturated/α-hetero) is 1. The summed E-state index contributed by atoms with van der Waals surface area (Å²) in [7, 11) is 1.45. The second-order valence-electron chi connectivity index (χ2n) is 3.38. The van der Waals surface area contributed by atoms with Gasteiger partial charge in [-0.3, -0.25) is 9.59 Å². The normalized spacial score (nSPS) is 9.69. The molecule has 0 fully saturated rings. The van der Waals surface area contributed by atoms with Crippen LogP contribution < -0.4 is 5.32 Å². The fourth-order valence-corrected chi connectivity index (χ4v) is 1.27. The molecule has 0 radical (unpaired) electrons. The first-order valence-corrected chi connectivity index (χ1v) is 4.69. The van der Waals surface area contributed by atoms with Gasteiger partial charge in [0, 0.05) is 12.6 Å². The minimum Gasteiger partial charge on any atom is -0.355 e. The lowest BCUT2D eigenvalue weighted by Gasteiger charge is -2.07. The van der Waals surface area contributed by atoms with E-state index in [1.54, 1.807) is 0 Å². The Morgan fingerprint density at radius 1 is 1.31 bits per heavy atom. The van der Waals surface area contributed by atoms with E-state index in [0.29, 0.717) is 0 Å². The Balaban J connectivity index is 3.34. The monoisotopic (exact) mass is 221 g/mol. The fraction of sp³-hybridized carbons (Fsp3) is 0.167. The number of halogens is 1. The van der Waals surface area contributed by atoms with E-state index in [1.807, 2.05) is 0 Å². The molecule has 0 heterocycles. The molecule has 4 heteroatoms. The van der Waals surface area contributed by atoms with Crippen LogP contribution in [0.15, 0.2) is 30.4 Å². The quantitative estimate of drug-likeness (QED) is 0.626. The lowest BCUT2D eigenvalue weighted by atomic mass is 9.99. The van der Waals surface area contributed by atoms with Crippen molar-refractivity contribution in [2.45, 2.75) is 6.92 Å². The zero-order chi connectivity index (χ0) is 12.3. The fourth-order valence-electron chi connectivity index (χ4n) is 1.27. The molecule has 0 aromatic heterocycles. The van der Waals surface area contributed by atoms with E-state index in [4.69, 9.17) is 0 Å². The molecular weight excluding hydrogens is 209 g/mol. The molecule has 84 valence electrons. The molecule has 0 saturated heterocycles. The lowest BCUT2D eigenvalue weighted by molar-refractivity contribution is 0.0950. The van der Waals surface area contributed by atoms with Crippen LogP contribution in [-0.2, 0) is 0 Å². The molecular formula is C12H12FNO2. The molecule has 1 aromatic rings. The first kappa shape index (κ1) is 12.1. The minimum absolute atomic E-state index is 0.0341. The van der Waals surface area contributed by atoms with Crippen molar-refractivity contribution in [2.75, 3.05) is 7.05 Å². The lowest BCUT2D eigenvalue weighted by Crippen LogP contribution is -2.21. The SMILES string of the molecule is C=C(C)C(=O)c1cc(F)ccc1C(=O)NC. The summed E-state index contributed by atoms with van der Waals surface area (Å²) in [6, 6.07) is 3.46. The van der Waals surface area contributed by atoms with Gasteiger partial charge < -0.3 is 5.32 Å². The van der Waals surface area contributed by atoms with Crippen molar-refractivity contribution in [3.05, 3.63) is 47.3 Å². The molecule has 0 aliphatic heterocycles. The zero-order valence-corrected chi connectivity index (χ0v) is 9.13. The van der Waals surface area contributed by atoms with Crippen molar-refractivity contribution in [2.24, 2.45) is 0 Å². The van der Waals surface area contributed by atoms with E-state index >= 15 is 0 Å². The molecule has 0 atom stereocenters. The number of carbonyl (C=O) groups excluding carboxylic acids is 2. The maximum atomic E-state index is 13.0. The zero-order valence-electron chi connectivity index (χ0n) is 9.13. The van der Waals surface area contributed by atoms with Gasteiger partial charge in [0.2, 0.25) is 0 Å². The van der Waals surface area contributed by atoms with Gasteiger partial charge in [-0.2, -0.15) is 0 Å². The molecule has 1 rings (SSSR count). The van der Waals surface area contributed by atoms with Crippen molar-refractivity contribution < 1.29 is 14.0 Å². The van der Waals surface area contributed by atoms with Gasteiger partial charge in [0.15, 0.2) is 5.78 Å². The average Bonchev–Trinajstić information content (AvgIpc) is 2.26. The highest BCUT2D eigenvalue weighted by atomic mass is 19.1. The molecule has 0 bridgehead atoms. The summed E-state index contributed by atoms with van der Waals surface area (Å²) in [6.07, 6.45) is 0. The molecule has 1 amide bonds. The highest BCUT2D eigenvalue weighted by molar-refractivity contribution is 6.14. The Kier molecular flexibility index (Phi) is 3.55. The molecule has 0 aliphatic carbocycles. The summed E-state index contributed by atoms with van der Waals surface area (Å²) in [5, 5.41) is 2.39. The number of amides is 1. The van der Waals surface area contributed by atoms with Gasteiger partial charge in [-0.05, 0) is 30.7 Å². The maximum Gasteiger partial charge on any atom is 0.251 e. The van der Waals surface area contributed by atoms with Crippen LogP contribution in [-0.4, -0.2) is 18.7 Å². The molecule has 0 unspecified atom stereocenters. The van der Waals surface area contributed by atoms with Gasteiger partial charge in [-0.1, -0.05) is 6.58 Å². The standard InChI is InChI=1S/C12H12FNO2/c1-7(2)11(15)10-6-8(13)4-5-9(10)12(16)14-3/h4-6H,1H2,2-3H3,(H,14,16). The van der Waals surface area contributed by atoms with Gasteiger partial charge in [-0.15, -0.1) is 0 Å². The van der Waals surface area contributed by atoms with Crippen molar-refractivity contribution in [3.63, 3.8) is 0 Å². The predicted octanol–water partition coefficient (Wildman–Crippen LogP) is 1.94. The van der Waals surface area contributed by atoms with Crippen LogP contribution >= 0.6 is 0 Å². The number of nitrogens with one attached hydrogen (secondary N) is 1. The van der Waals surface area contributed by atoms with Crippen LogP contribution in [0.4, 0.5) is 4.39 Å². The second-order valence-corrected chi connectivity index (χ2v) is 3.38. The van der Waals surface area contributed by atoms with Crippen LogP contribution in [0.2, 0.25) is 0 Å². The summed E-state index contributed by atoms with van der Waals surface area (Å²) < 4.78 is 13.0. The summed E-state index contributed by atoms with van der Waals surface area (Å²) in [4.78, 5) is 23.1. The van der Waals surface area contributed by atoms with E-state index in [2.05, 4.69) is 11.9 Å². The predicted molar refractivity (Wildman–Crippen MR) is 58.9 cm³/mol.